The molecule has 82 valence electrons. The van der Waals surface area contributed by atoms with Crippen molar-refractivity contribution < 1.29 is 4.79 Å². The van der Waals surface area contributed by atoms with E-state index in [1.807, 2.05) is 39.0 Å². The Balaban J connectivity index is 2.65. The largest absolute Gasteiger partial charge is 0.299 e. The van der Waals surface area contributed by atoms with E-state index < -0.39 is 0 Å². The lowest BCUT2D eigenvalue weighted by molar-refractivity contribution is -0.126. The summed E-state index contributed by atoms with van der Waals surface area (Å²) in [5.74, 6) is 0.650. The molecule has 0 spiro atoms. The van der Waals surface area contributed by atoms with Crippen molar-refractivity contribution in [3.63, 3.8) is 0 Å². The summed E-state index contributed by atoms with van der Waals surface area (Å²) in [4.78, 5) is 11.8. The fourth-order valence-corrected chi connectivity index (χ4v) is 1.48. The van der Waals surface area contributed by atoms with Crippen LogP contribution in [0.15, 0.2) is 30.3 Å². The highest BCUT2D eigenvalue weighted by Crippen LogP contribution is 2.25. The fourth-order valence-electron chi connectivity index (χ4n) is 1.48. The molecule has 0 aliphatic rings. The molecule has 0 fully saturated rings. The van der Waals surface area contributed by atoms with Crippen LogP contribution in [0.3, 0.4) is 0 Å². The molecule has 1 unspecified atom stereocenters. The summed E-state index contributed by atoms with van der Waals surface area (Å²) in [6.45, 7) is 8.05. The Labute approximate surface area is 92.5 Å². The van der Waals surface area contributed by atoms with Gasteiger partial charge in [0.05, 0.1) is 0 Å². The van der Waals surface area contributed by atoms with Crippen LogP contribution in [0.1, 0.15) is 45.6 Å². The van der Waals surface area contributed by atoms with Gasteiger partial charge in [-0.25, -0.2) is 0 Å². The van der Waals surface area contributed by atoms with E-state index in [4.69, 9.17) is 0 Å². The Morgan fingerprint density at radius 2 is 1.73 bits per heavy atom. The van der Waals surface area contributed by atoms with Crippen LogP contribution in [0.4, 0.5) is 0 Å². The van der Waals surface area contributed by atoms with Gasteiger partial charge in [0.1, 0.15) is 5.78 Å². The number of carbonyl (C=O) groups is 1. The number of hydrogen-bond donors (Lipinski definition) is 0. The van der Waals surface area contributed by atoms with Crippen LogP contribution in [0.2, 0.25) is 0 Å². The van der Waals surface area contributed by atoms with E-state index in [-0.39, 0.29) is 5.41 Å². The van der Waals surface area contributed by atoms with Gasteiger partial charge in [-0.15, -0.1) is 0 Å². The van der Waals surface area contributed by atoms with Gasteiger partial charge in [0.15, 0.2) is 0 Å². The minimum absolute atomic E-state index is 0.219. The molecule has 0 aromatic heterocycles. The maximum Gasteiger partial charge on any atom is 0.138 e. The SMILES string of the molecule is CC(CC(=O)C(C)(C)C)c1ccccc1. The van der Waals surface area contributed by atoms with E-state index in [9.17, 15) is 4.79 Å². The number of rotatable bonds is 3. The average molecular weight is 204 g/mol. The van der Waals surface area contributed by atoms with E-state index in [2.05, 4.69) is 19.1 Å². The highest BCUT2D eigenvalue weighted by molar-refractivity contribution is 5.84. The maximum atomic E-state index is 11.8. The van der Waals surface area contributed by atoms with Crippen molar-refractivity contribution in [3.8, 4) is 0 Å². The lowest BCUT2D eigenvalue weighted by atomic mass is 9.84. The number of ketones is 1. The van der Waals surface area contributed by atoms with Crippen molar-refractivity contribution in [1.82, 2.24) is 0 Å². The van der Waals surface area contributed by atoms with Crippen molar-refractivity contribution in [2.45, 2.75) is 40.0 Å². The minimum atomic E-state index is -0.219. The molecule has 1 heteroatoms. The van der Waals surface area contributed by atoms with E-state index in [0.29, 0.717) is 18.1 Å². The molecule has 0 saturated heterocycles. The van der Waals surface area contributed by atoms with Crippen LogP contribution in [0, 0.1) is 5.41 Å². The molecule has 1 atom stereocenters. The van der Waals surface area contributed by atoms with Crippen molar-refractivity contribution in [2.75, 3.05) is 0 Å². The maximum absolute atomic E-state index is 11.8. The predicted molar refractivity (Wildman–Crippen MR) is 63.9 cm³/mol. The first kappa shape index (κ1) is 12.0. The summed E-state index contributed by atoms with van der Waals surface area (Å²) in [6.07, 6.45) is 0.632. The molecule has 0 saturated carbocycles. The fraction of sp³-hybridized carbons (Fsp3) is 0.500. The van der Waals surface area contributed by atoms with Gasteiger partial charge in [-0.2, -0.15) is 0 Å². The monoisotopic (exact) mass is 204 g/mol. The zero-order chi connectivity index (χ0) is 11.5. The predicted octanol–water partition coefficient (Wildman–Crippen LogP) is 3.80. The van der Waals surface area contributed by atoms with Crippen LogP contribution in [-0.4, -0.2) is 5.78 Å². The summed E-state index contributed by atoms with van der Waals surface area (Å²) < 4.78 is 0. The Hall–Kier alpha value is -1.11. The Kier molecular flexibility index (Phi) is 3.67. The van der Waals surface area contributed by atoms with Gasteiger partial charge in [-0.1, -0.05) is 58.0 Å². The Morgan fingerprint density at radius 3 is 2.20 bits per heavy atom. The molecule has 1 aromatic rings. The molecule has 0 amide bonds. The second-order valence-corrected chi connectivity index (χ2v) is 5.19. The molecular weight excluding hydrogens is 184 g/mol. The lowest BCUT2D eigenvalue weighted by Gasteiger charge is -2.19. The topological polar surface area (TPSA) is 17.1 Å². The molecule has 0 radical (unpaired) electrons. The van der Waals surface area contributed by atoms with Gasteiger partial charge in [0.2, 0.25) is 0 Å². The molecule has 1 rings (SSSR count). The van der Waals surface area contributed by atoms with Crippen LogP contribution in [0.25, 0.3) is 0 Å². The van der Waals surface area contributed by atoms with E-state index >= 15 is 0 Å². The molecule has 0 bridgehead atoms. The van der Waals surface area contributed by atoms with E-state index in [1.165, 1.54) is 5.56 Å². The zero-order valence-corrected chi connectivity index (χ0v) is 10.1. The third kappa shape index (κ3) is 3.50. The van der Waals surface area contributed by atoms with Gasteiger partial charge in [0.25, 0.3) is 0 Å². The molecular formula is C14H20O. The van der Waals surface area contributed by atoms with Gasteiger partial charge in [0, 0.05) is 11.8 Å². The number of carbonyl (C=O) groups excluding carboxylic acids is 1. The van der Waals surface area contributed by atoms with Crippen LogP contribution in [-0.2, 0) is 4.79 Å². The molecule has 0 aliphatic heterocycles. The standard InChI is InChI=1S/C14H20O/c1-11(10-13(15)14(2,3)4)12-8-6-5-7-9-12/h5-9,11H,10H2,1-4H3. The lowest BCUT2D eigenvalue weighted by Crippen LogP contribution is -2.21. The van der Waals surface area contributed by atoms with Gasteiger partial charge in [-0.3, -0.25) is 4.79 Å². The first-order valence-electron chi connectivity index (χ1n) is 5.49. The highest BCUT2D eigenvalue weighted by atomic mass is 16.1. The second-order valence-electron chi connectivity index (χ2n) is 5.19. The zero-order valence-electron chi connectivity index (χ0n) is 10.1. The first-order valence-corrected chi connectivity index (χ1v) is 5.49. The third-order valence-electron chi connectivity index (χ3n) is 2.70. The smallest absolute Gasteiger partial charge is 0.138 e. The summed E-state index contributed by atoms with van der Waals surface area (Å²) in [5.41, 5.74) is 1.03. The molecule has 1 nitrogen and oxygen atoms in total. The molecule has 1 aromatic carbocycles. The number of benzene rings is 1. The molecule has 0 N–H and O–H groups in total. The van der Waals surface area contributed by atoms with E-state index in [0.717, 1.165) is 0 Å². The first-order chi connectivity index (χ1) is 6.91. The molecule has 0 heterocycles. The van der Waals surface area contributed by atoms with Crippen molar-refractivity contribution in [3.05, 3.63) is 35.9 Å². The third-order valence-corrected chi connectivity index (χ3v) is 2.70. The number of hydrogen-bond acceptors (Lipinski definition) is 1. The van der Waals surface area contributed by atoms with Crippen LogP contribution in [0.5, 0.6) is 0 Å². The molecule has 15 heavy (non-hydrogen) atoms. The summed E-state index contributed by atoms with van der Waals surface area (Å²) >= 11 is 0. The van der Waals surface area contributed by atoms with Crippen molar-refractivity contribution in [2.24, 2.45) is 5.41 Å². The van der Waals surface area contributed by atoms with Gasteiger partial charge < -0.3 is 0 Å². The highest BCUT2D eigenvalue weighted by Gasteiger charge is 2.23. The summed E-state index contributed by atoms with van der Waals surface area (Å²) in [7, 11) is 0. The van der Waals surface area contributed by atoms with Gasteiger partial charge in [-0.05, 0) is 11.5 Å². The van der Waals surface area contributed by atoms with Crippen molar-refractivity contribution >= 4 is 5.78 Å². The number of Topliss-reactive ketones (excluding diaryl/α,β-unsaturated/α-hetero) is 1. The van der Waals surface area contributed by atoms with Crippen molar-refractivity contribution in [1.29, 1.82) is 0 Å². The van der Waals surface area contributed by atoms with E-state index in [1.54, 1.807) is 0 Å². The Bertz CT molecular complexity index is 319. The quantitative estimate of drug-likeness (QED) is 0.732. The van der Waals surface area contributed by atoms with Gasteiger partial charge >= 0.3 is 0 Å². The Morgan fingerprint density at radius 1 is 1.20 bits per heavy atom. The minimum Gasteiger partial charge on any atom is -0.299 e. The summed E-state index contributed by atoms with van der Waals surface area (Å²) in [5, 5.41) is 0. The van der Waals surface area contributed by atoms with Crippen LogP contribution < -0.4 is 0 Å². The van der Waals surface area contributed by atoms with Crippen LogP contribution >= 0.6 is 0 Å². The average Bonchev–Trinajstić information content (AvgIpc) is 2.17. The second kappa shape index (κ2) is 4.61. The molecule has 0 aliphatic carbocycles. The normalized spacial score (nSPS) is 13.6. The summed E-state index contributed by atoms with van der Waals surface area (Å²) in [6, 6.07) is 10.2.